The highest BCUT2D eigenvalue weighted by Gasteiger charge is 2.09. The molecule has 106 valence electrons. The molecule has 0 unspecified atom stereocenters. The first-order valence-electron chi connectivity index (χ1n) is 6.42. The number of nitrogens with one attached hydrogen (secondary N) is 1. The quantitative estimate of drug-likeness (QED) is 0.807. The minimum absolute atomic E-state index is 0.0500. The maximum atomic E-state index is 12.2. The van der Waals surface area contributed by atoms with Crippen molar-refractivity contribution in [1.82, 2.24) is 9.55 Å². The van der Waals surface area contributed by atoms with Crippen LogP contribution in [0.25, 0.3) is 10.2 Å². The lowest BCUT2D eigenvalue weighted by atomic mass is 10.2. The van der Waals surface area contributed by atoms with Crippen LogP contribution in [0.15, 0.2) is 46.8 Å². The molecule has 0 atom stereocenters. The van der Waals surface area contributed by atoms with Gasteiger partial charge in [0.2, 0.25) is 5.91 Å². The van der Waals surface area contributed by atoms with E-state index in [0.717, 1.165) is 11.3 Å². The van der Waals surface area contributed by atoms with E-state index >= 15 is 0 Å². The number of amides is 1. The molecule has 1 N–H and O–H groups in total. The third-order valence-electron chi connectivity index (χ3n) is 3.07. The Kier molecular flexibility index (Phi) is 3.53. The van der Waals surface area contributed by atoms with Gasteiger partial charge in [-0.05, 0) is 36.1 Å². The second-order valence-corrected chi connectivity index (χ2v) is 5.63. The molecule has 5 nitrogen and oxygen atoms in total. The Bertz CT molecular complexity index is 866. The van der Waals surface area contributed by atoms with Crippen LogP contribution in [-0.4, -0.2) is 15.5 Å². The molecular weight excluding hydrogens is 286 g/mol. The molecule has 21 heavy (non-hydrogen) atoms. The largest absolute Gasteiger partial charge is 0.325 e. The molecule has 0 saturated carbocycles. The molecule has 0 fully saturated rings. The number of hydrogen-bond donors (Lipinski definition) is 1. The summed E-state index contributed by atoms with van der Waals surface area (Å²) in [4.78, 5) is 29.1. The predicted molar refractivity (Wildman–Crippen MR) is 83.7 cm³/mol. The number of fused-ring (bicyclic) bond motifs is 1. The fourth-order valence-electron chi connectivity index (χ4n) is 2.08. The van der Waals surface area contributed by atoms with Gasteiger partial charge in [-0.2, -0.15) is 0 Å². The Hall–Kier alpha value is -2.47. The number of anilines is 1. The summed E-state index contributed by atoms with van der Waals surface area (Å²) in [7, 11) is 0. The summed E-state index contributed by atoms with van der Waals surface area (Å²) in [5.41, 5.74) is 1.59. The van der Waals surface area contributed by atoms with Crippen molar-refractivity contribution in [3.63, 3.8) is 0 Å². The second-order valence-electron chi connectivity index (χ2n) is 4.73. The Morgan fingerprint density at radius 3 is 3.05 bits per heavy atom. The van der Waals surface area contributed by atoms with E-state index in [2.05, 4.69) is 10.3 Å². The van der Waals surface area contributed by atoms with Crippen molar-refractivity contribution in [2.45, 2.75) is 13.5 Å². The van der Waals surface area contributed by atoms with E-state index < -0.39 is 0 Å². The molecule has 0 aliphatic carbocycles. The van der Waals surface area contributed by atoms with Crippen LogP contribution in [0, 0.1) is 6.92 Å². The van der Waals surface area contributed by atoms with Gasteiger partial charge < -0.3 is 5.32 Å². The normalized spacial score (nSPS) is 10.7. The molecule has 0 saturated heterocycles. The van der Waals surface area contributed by atoms with Crippen molar-refractivity contribution in [2.24, 2.45) is 0 Å². The van der Waals surface area contributed by atoms with Gasteiger partial charge >= 0.3 is 0 Å². The van der Waals surface area contributed by atoms with Crippen molar-refractivity contribution < 1.29 is 4.79 Å². The standard InChI is InChI=1S/C15H13N3O2S/c1-10-3-2-4-11(7-10)17-13(19)8-18-9-16-14-12(15(18)20)5-6-21-14/h2-7,9H,8H2,1H3,(H,17,19). The summed E-state index contributed by atoms with van der Waals surface area (Å²) < 4.78 is 1.32. The maximum absolute atomic E-state index is 12.2. The third-order valence-corrected chi connectivity index (χ3v) is 3.89. The number of rotatable bonds is 3. The lowest BCUT2D eigenvalue weighted by Crippen LogP contribution is -2.27. The number of nitrogens with zero attached hydrogens (tertiary/aromatic N) is 2. The van der Waals surface area contributed by atoms with Crippen molar-refractivity contribution in [3.05, 3.63) is 58.0 Å². The Morgan fingerprint density at radius 2 is 2.24 bits per heavy atom. The molecule has 1 amide bonds. The van der Waals surface area contributed by atoms with Gasteiger partial charge in [0.25, 0.3) is 5.56 Å². The zero-order valence-electron chi connectivity index (χ0n) is 11.4. The van der Waals surface area contributed by atoms with Gasteiger partial charge in [0, 0.05) is 5.69 Å². The molecule has 2 heterocycles. The smallest absolute Gasteiger partial charge is 0.262 e. The summed E-state index contributed by atoms with van der Waals surface area (Å²) in [6.45, 7) is 1.90. The zero-order chi connectivity index (χ0) is 14.8. The van der Waals surface area contributed by atoms with Crippen molar-refractivity contribution in [3.8, 4) is 0 Å². The van der Waals surface area contributed by atoms with E-state index in [9.17, 15) is 9.59 Å². The van der Waals surface area contributed by atoms with Crippen LogP contribution in [0.5, 0.6) is 0 Å². The topological polar surface area (TPSA) is 64.0 Å². The number of benzene rings is 1. The van der Waals surface area contributed by atoms with E-state index in [-0.39, 0.29) is 18.0 Å². The van der Waals surface area contributed by atoms with Gasteiger partial charge in [-0.25, -0.2) is 4.98 Å². The number of aromatic nitrogens is 2. The van der Waals surface area contributed by atoms with E-state index in [0.29, 0.717) is 10.2 Å². The molecule has 6 heteroatoms. The van der Waals surface area contributed by atoms with Crippen LogP contribution in [-0.2, 0) is 11.3 Å². The zero-order valence-corrected chi connectivity index (χ0v) is 12.2. The molecule has 3 aromatic rings. The van der Waals surface area contributed by atoms with Crippen molar-refractivity contribution in [2.75, 3.05) is 5.32 Å². The van der Waals surface area contributed by atoms with Gasteiger partial charge in [0.15, 0.2) is 0 Å². The Labute approximate surface area is 124 Å². The van der Waals surface area contributed by atoms with Crippen LogP contribution in [0.2, 0.25) is 0 Å². The molecule has 1 aromatic carbocycles. The molecule has 0 radical (unpaired) electrons. The molecule has 0 spiro atoms. The Balaban J connectivity index is 1.80. The average molecular weight is 299 g/mol. The minimum Gasteiger partial charge on any atom is -0.325 e. The van der Waals surface area contributed by atoms with Crippen LogP contribution in [0.4, 0.5) is 5.69 Å². The van der Waals surface area contributed by atoms with E-state index in [1.807, 2.05) is 36.6 Å². The monoisotopic (exact) mass is 299 g/mol. The van der Waals surface area contributed by atoms with Gasteiger partial charge in [-0.3, -0.25) is 14.2 Å². The first kappa shape index (κ1) is 13.5. The van der Waals surface area contributed by atoms with Crippen LogP contribution < -0.4 is 10.9 Å². The van der Waals surface area contributed by atoms with Crippen LogP contribution in [0.1, 0.15) is 5.56 Å². The lowest BCUT2D eigenvalue weighted by molar-refractivity contribution is -0.116. The summed E-state index contributed by atoms with van der Waals surface area (Å²) in [6, 6.07) is 9.24. The molecule has 3 rings (SSSR count). The summed E-state index contributed by atoms with van der Waals surface area (Å²) in [5, 5.41) is 5.14. The van der Waals surface area contributed by atoms with Crippen LogP contribution in [0.3, 0.4) is 0 Å². The maximum Gasteiger partial charge on any atom is 0.262 e. The number of carbonyl (C=O) groups is 1. The van der Waals surface area contributed by atoms with E-state index in [1.54, 1.807) is 6.07 Å². The van der Waals surface area contributed by atoms with Gasteiger partial charge in [0.05, 0.1) is 11.7 Å². The van der Waals surface area contributed by atoms with E-state index in [1.165, 1.54) is 22.2 Å². The second kappa shape index (κ2) is 5.49. The van der Waals surface area contributed by atoms with Gasteiger partial charge in [0.1, 0.15) is 11.4 Å². The average Bonchev–Trinajstić information content (AvgIpc) is 2.91. The number of thiophene rings is 1. The first-order chi connectivity index (χ1) is 10.1. The molecular formula is C15H13N3O2S. The van der Waals surface area contributed by atoms with Gasteiger partial charge in [-0.1, -0.05) is 12.1 Å². The molecule has 0 bridgehead atoms. The highest BCUT2D eigenvalue weighted by Crippen LogP contribution is 2.13. The minimum atomic E-state index is -0.251. The SMILES string of the molecule is Cc1cccc(NC(=O)Cn2cnc3sccc3c2=O)c1. The number of aryl methyl sites for hydroxylation is 1. The van der Waals surface area contributed by atoms with Crippen LogP contribution >= 0.6 is 11.3 Å². The Morgan fingerprint density at radius 1 is 1.38 bits per heavy atom. The first-order valence-corrected chi connectivity index (χ1v) is 7.30. The fourth-order valence-corrected chi connectivity index (χ4v) is 2.81. The number of carbonyl (C=O) groups excluding carboxylic acids is 1. The summed E-state index contributed by atoms with van der Waals surface area (Å²) >= 11 is 1.41. The summed E-state index contributed by atoms with van der Waals surface area (Å²) in [6.07, 6.45) is 1.41. The lowest BCUT2D eigenvalue weighted by Gasteiger charge is -2.07. The van der Waals surface area contributed by atoms with Crippen molar-refractivity contribution in [1.29, 1.82) is 0 Å². The predicted octanol–water partition coefficient (Wildman–Crippen LogP) is 2.41. The molecule has 0 aliphatic rings. The fraction of sp³-hybridized carbons (Fsp3) is 0.133. The van der Waals surface area contributed by atoms with E-state index in [4.69, 9.17) is 0 Å². The third kappa shape index (κ3) is 2.85. The summed E-state index contributed by atoms with van der Waals surface area (Å²) in [5.74, 6) is -0.251. The number of hydrogen-bond acceptors (Lipinski definition) is 4. The highest BCUT2D eigenvalue weighted by molar-refractivity contribution is 7.16. The van der Waals surface area contributed by atoms with Gasteiger partial charge in [-0.15, -0.1) is 11.3 Å². The highest BCUT2D eigenvalue weighted by atomic mass is 32.1. The molecule has 0 aliphatic heterocycles. The molecule has 2 aromatic heterocycles. The van der Waals surface area contributed by atoms with Crippen molar-refractivity contribution >= 4 is 33.1 Å².